The molecular weight excluding hydrogens is 335 g/mol. The van der Waals surface area contributed by atoms with Gasteiger partial charge in [0.25, 0.3) is 5.91 Å². The van der Waals surface area contributed by atoms with Gasteiger partial charge in [-0.05, 0) is 50.4 Å². The highest BCUT2D eigenvalue weighted by molar-refractivity contribution is 5.94. The zero-order valence-electron chi connectivity index (χ0n) is 15.0. The first-order chi connectivity index (χ1) is 12.5. The number of carbonyl (C=O) groups excluding carboxylic acids is 1. The summed E-state index contributed by atoms with van der Waals surface area (Å²) in [4.78, 5) is 21.2. The average Bonchev–Trinajstić information content (AvgIpc) is 2.65. The van der Waals surface area contributed by atoms with E-state index in [9.17, 15) is 9.18 Å². The normalized spacial score (nSPS) is 16.2. The maximum absolute atomic E-state index is 12.9. The van der Waals surface area contributed by atoms with Crippen molar-refractivity contribution < 1.29 is 13.9 Å². The first-order valence-corrected chi connectivity index (χ1v) is 8.64. The molecule has 2 aromatic rings. The van der Waals surface area contributed by atoms with E-state index in [4.69, 9.17) is 4.74 Å². The first-order valence-electron chi connectivity index (χ1n) is 8.64. The fourth-order valence-electron chi connectivity index (χ4n) is 2.70. The van der Waals surface area contributed by atoms with Crippen LogP contribution < -0.4 is 15.0 Å². The number of nitrogens with zero attached hydrogens (tertiary/aromatic N) is 3. The number of carbonyl (C=O) groups is 1. The highest BCUT2D eigenvalue weighted by Gasteiger charge is 2.17. The van der Waals surface area contributed by atoms with Gasteiger partial charge in [-0.15, -0.1) is 0 Å². The molecule has 1 atom stereocenters. The molecule has 26 heavy (non-hydrogen) atoms. The van der Waals surface area contributed by atoms with Gasteiger partial charge in [0, 0.05) is 26.2 Å². The van der Waals surface area contributed by atoms with Gasteiger partial charge in [0.2, 0.25) is 0 Å². The minimum absolute atomic E-state index is 0.288. The molecule has 1 fully saturated rings. The monoisotopic (exact) mass is 358 g/mol. The van der Waals surface area contributed by atoms with Gasteiger partial charge >= 0.3 is 0 Å². The highest BCUT2D eigenvalue weighted by atomic mass is 19.1. The molecule has 1 unspecified atom stereocenters. The van der Waals surface area contributed by atoms with Gasteiger partial charge in [0.1, 0.15) is 17.4 Å². The smallest absolute Gasteiger partial charge is 0.265 e. The molecule has 1 aliphatic rings. The summed E-state index contributed by atoms with van der Waals surface area (Å²) in [6, 6.07) is 9.31. The van der Waals surface area contributed by atoms with Gasteiger partial charge in [-0.2, -0.15) is 0 Å². The summed E-state index contributed by atoms with van der Waals surface area (Å²) < 4.78 is 18.4. The number of ether oxygens (including phenoxy) is 1. The Kier molecular flexibility index (Phi) is 5.68. The Morgan fingerprint density at radius 3 is 2.46 bits per heavy atom. The van der Waals surface area contributed by atoms with Gasteiger partial charge in [-0.1, -0.05) is 0 Å². The van der Waals surface area contributed by atoms with Gasteiger partial charge in [-0.3, -0.25) is 4.79 Å². The van der Waals surface area contributed by atoms with Gasteiger partial charge in [0.05, 0.1) is 11.9 Å². The Bertz CT molecular complexity index is 728. The molecule has 1 aliphatic heterocycles. The van der Waals surface area contributed by atoms with Crippen LogP contribution in [0.4, 0.5) is 15.9 Å². The lowest BCUT2D eigenvalue weighted by atomic mass is 10.3. The number of likely N-dealkylation sites (N-methyl/N-ethyl adjacent to an activating group) is 1. The molecule has 0 saturated carbocycles. The summed E-state index contributed by atoms with van der Waals surface area (Å²) in [5.41, 5.74) is 0.613. The van der Waals surface area contributed by atoms with Gasteiger partial charge in [0.15, 0.2) is 6.10 Å². The Balaban J connectivity index is 1.54. The van der Waals surface area contributed by atoms with Gasteiger partial charge < -0.3 is 19.9 Å². The first kappa shape index (κ1) is 18.1. The second-order valence-electron chi connectivity index (χ2n) is 6.40. The number of nitrogens with one attached hydrogen (secondary N) is 1. The lowest BCUT2D eigenvalue weighted by Gasteiger charge is -2.33. The Morgan fingerprint density at radius 1 is 1.15 bits per heavy atom. The molecule has 1 aromatic carbocycles. The standard InChI is InChI=1S/C19H23FN4O2/c1-14(26-17-6-3-15(20)4-7-17)19(25)22-16-5-8-18(21-13-16)24-11-9-23(2)10-12-24/h3-8,13-14H,9-12H2,1-2H3,(H,22,25). The minimum atomic E-state index is -0.710. The molecule has 0 bridgehead atoms. The van der Waals surface area contributed by atoms with Crippen LogP contribution in [0.25, 0.3) is 0 Å². The number of rotatable bonds is 5. The summed E-state index contributed by atoms with van der Waals surface area (Å²) >= 11 is 0. The van der Waals surface area contributed by atoms with Crippen molar-refractivity contribution in [3.05, 3.63) is 48.4 Å². The predicted molar refractivity (Wildman–Crippen MR) is 99.1 cm³/mol. The summed E-state index contributed by atoms with van der Waals surface area (Å²) in [5.74, 6) is 0.716. The maximum Gasteiger partial charge on any atom is 0.265 e. The van der Waals surface area contributed by atoms with Crippen LogP contribution in [0.2, 0.25) is 0 Å². The number of benzene rings is 1. The third-order valence-corrected chi connectivity index (χ3v) is 4.34. The second kappa shape index (κ2) is 8.14. The lowest BCUT2D eigenvalue weighted by Crippen LogP contribution is -2.44. The van der Waals surface area contributed by atoms with E-state index in [0.29, 0.717) is 11.4 Å². The zero-order chi connectivity index (χ0) is 18.5. The van der Waals surface area contributed by atoms with E-state index in [1.165, 1.54) is 24.3 Å². The molecule has 7 heteroatoms. The van der Waals surface area contributed by atoms with Crippen molar-refractivity contribution >= 4 is 17.4 Å². The number of piperazine rings is 1. The summed E-state index contributed by atoms with van der Waals surface area (Å²) in [7, 11) is 2.11. The highest BCUT2D eigenvalue weighted by Crippen LogP contribution is 2.17. The van der Waals surface area contributed by atoms with Crippen LogP contribution in [0, 0.1) is 5.82 Å². The number of amides is 1. The molecule has 138 valence electrons. The van der Waals surface area contributed by atoms with Crippen molar-refractivity contribution in [1.29, 1.82) is 0 Å². The summed E-state index contributed by atoms with van der Waals surface area (Å²) in [6.07, 6.45) is 0.939. The molecule has 0 aliphatic carbocycles. The quantitative estimate of drug-likeness (QED) is 0.889. The molecule has 1 N–H and O–H groups in total. The van der Waals surface area contributed by atoms with Crippen LogP contribution >= 0.6 is 0 Å². The van der Waals surface area contributed by atoms with Crippen LogP contribution in [0.15, 0.2) is 42.6 Å². The fraction of sp³-hybridized carbons (Fsp3) is 0.368. The lowest BCUT2D eigenvalue weighted by molar-refractivity contribution is -0.122. The zero-order valence-corrected chi connectivity index (χ0v) is 15.0. The molecule has 1 aromatic heterocycles. The Hall–Kier alpha value is -2.67. The van der Waals surface area contributed by atoms with Crippen LogP contribution in [0.3, 0.4) is 0 Å². The topological polar surface area (TPSA) is 57.7 Å². The fourth-order valence-corrected chi connectivity index (χ4v) is 2.70. The minimum Gasteiger partial charge on any atom is -0.481 e. The maximum atomic E-state index is 12.9. The number of aromatic nitrogens is 1. The van der Waals surface area contributed by atoms with Crippen LogP contribution in [-0.4, -0.2) is 55.1 Å². The van der Waals surface area contributed by atoms with Crippen molar-refractivity contribution in [3.8, 4) is 5.75 Å². The van der Waals surface area contributed by atoms with Crippen LogP contribution in [-0.2, 0) is 4.79 Å². The molecular formula is C19H23FN4O2. The number of anilines is 2. The van der Waals surface area contributed by atoms with Crippen molar-refractivity contribution in [2.75, 3.05) is 43.4 Å². The Labute approximate surface area is 152 Å². The molecule has 1 saturated heterocycles. The van der Waals surface area contributed by atoms with E-state index in [2.05, 4.69) is 27.1 Å². The molecule has 6 nitrogen and oxygen atoms in total. The number of hydrogen-bond acceptors (Lipinski definition) is 5. The molecule has 3 rings (SSSR count). The van der Waals surface area contributed by atoms with E-state index in [1.54, 1.807) is 13.1 Å². The largest absolute Gasteiger partial charge is 0.481 e. The van der Waals surface area contributed by atoms with Crippen molar-refractivity contribution in [2.45, 2.75) is 13.0 Å². The second-order valence-corrected chi connectivity index (χ2v) is 6.40. The Morgan fingerprint density at radius 2 is 1.85 bits per heavy atom. The van der Waals surface area contributed by atoms with Crippen molar-refractivity contribution in [3.63, 3.8) is 0 Å². The van der Waals surface area contributed by atoms with E-state index >= 15 is 0 Å². The van der Waals surface area contributed by atoms with E-state index < -0.39 is 6.10 Å². The predicted octanol–water partition coefficient (Wildman–Crippen LogP) is 2.38. The van der Waals surface area contributed by atoms with Crippen LogP contribution in [0.5, 0.6) is 5.75 Å². The van der Waals surface area contributed by atoms with Crippen LogP contribution in [0.1, 0.15) is 6.92 Å². The van der Waals surface area contributed by atoms with Crippen molar-refractivity contribution in [2.24, 2.45) is 0 Å². The van der Waals surface area contributed by atoms with E-state index in [1.807, 2.05) is 12.1 Å². The third kappa shape index (κ3) is 4.70. The average molecular weight is 358 g/mol. The van der Waals surface area contributed by atoms with E-state index in [0.717, 1.165) is 32.0 Å². The molecule has 2 heterocycles. The molecule has 0 spiro atoms. The summed E-state index contributed by atoms with van der Waals surface area (Å²) in [5, 5.41) is 2.78. The third-order valence-electron chi connectivity index (χ3n) is 4.34. The number of halogens is 1. The number of hydrogen-bond donors (Lipinski definition) is 1. The van der Waals surface area contributed by atoms with E-state index in [-0.39, 0.29) is 11.7 Å². The van der Waals surface area contributed by atoms with Gasteiger partial charge in [-0.25, -0.2) is 9.37 Å². The number of pyridine rings is 1. The van der Waals surface area contributed by atoms with Crippen molar-refractivity contribution in [1.82, 2.24) is 9.88 Å². The summed E-state index contributed by atoms with van der Waals surface area (Å²) in [6.45, 7) is 5.55. The molecule has 1 amide bonds. The molecule has 0 radical (unpaired) electrons. The SMILES string of the molecule is CC(Oc1ccc(F)cc1)C(=O)Nc1ccc(N2CCN(C)CC2)nc1.